The fourth-order valence-electron chi connectivity index (χ4n) is 2.64. The summed E-state index contributed by atoms with van der Waals surface area (Å²) in [4.78, 5) is 11.4. The van der Waals surface area contributed by atoms with Crippen molar-refractivity contribution in [1.82, 2.24) is 0 Å². The zero-order chi connectivity index (χ0) is 11.3. The van der Waals surface area contributed by atoms with Crippen LogP contribution in [0.4, 0.5) is 0 Å². The number of carboxylic acids is 1. The van der Waals surface area contributed by atoms with E-state index in [4.69, 9.17) is 5.11 Å². The maximum Gasteiger partial charge on any atom is 0.309 e. The van der Waals surface area contributed by atoms with Crippen molar-refractivity contribution in [2.45, 2.75) is 51.9 Å². The van der Waals surface area contributed by atoms with Gasteiger partial charge in [0.1, 0.15) is 0 Å². The largest absolute Gasteiger partial charge is 0.481 e. The van der Waals surface area contributed by atoms with Gasteiger partial charge in [-0.15, -0.1) is 0 Å². The van der Waals surface area contributed by atoms with E-state index in [2.05, 4.69) is 0 Å². The number of aliphatic hydroxyl groups excluding tert-OH is 1. The lowest BCUT2D eigenvalue weighted by Crippen LogP contribution is -2.33. The molecule has 1 unspecified atom stereocenters. The zero-order valence-electron chi connectivity index (χ0n) is 9.54. The minimum atomic E-state index is -0.662. The fraction of sp³-hybridized carbons (Fsp3) is 0.917. The summed E-state index contributed by atoms with van der Waals surface area (Å²) in [6.07, 6.45) is 6.54. The summed E-state index contributed by atoms with van der Waals surface area (Å²) in [6, 6.07) is 0. The van der Waals surface area contributed by atoms with Gasteiger partial charge in [-0.3, -0.25) is 4.79 Å². The second kappa shape index (κ2) is 5.50. The molecule has 88 valence electrons. The average molecular weight is 214 g/mol. The molecular weight excluding hydrogens is 192 g/mol. The molecule has 1 rings (SSSR count). The van der Waals surface area contributed by atoms with Crippen LogP contribution in [0.2, 0.25) is 0 Å². The van der Waals surface area contributed by atoms with Crippen LogP contribution in [0.3, 0.4) is 0 Å². The summed E-state index contributed by atoms with van der Waals surface area (Å²) in [6.45, 7) is 2.02. The van der Waals surface area contributed by atoms with E-state index in [9.17, 15) is 9.90 Å². The molecule has 0 aromatic heterocycles. The van der Waals surface area contributed by atoms with E-state index in [0.29, 0.717) is 6.42 Å². The predicted octanol–water partition coefficient (Wildman–Crippen LogP) is 2.43. The molecule has 1 saturated carbocycles. The van der Waals surface area contributed by atoms with Crippen LogP contribution < -0.4 is 0 Å². The lowest BCUT2D eigenvalue weighted by atomic mass is 9.74. The van der Waals surface area contributed by atoms with Gasteiger partial charge in [0.25, 0.3) is 0 Å². The SMILES string of the molecule is CC(CO)CC1(C(=O)O)CCCCCC1. The Bertz CT molecular complexity index is 205. The van der Waals surface area contributed by atoms with E-state index < -0.39 is 11.4 Å². The molecule has 0 aliphatic heterocycles. The zero-order valence-corrected chi connectivity index (χ0v) is 9.54. The minimum absolute atomic E-state index is 0.0923. The molecule has 0 saturated heterocycles. The Hall–Kier alpha value is -0.570. The number of carbonyl (C=O) groups is 1. The van der Waals surface area contributed by atoms with Gasteiger partial charge in [0, 0.05) is 6.61 Å². The second-order valence-corrected chi connectivity index (χ2v) is 4.99. The van der Waals surface area contributed by atoms with Crippen LogP contribution in [0.15, 0.2) is 0 Å². The maximum atomic E-state index is 11.4. The third-order valence-electron chi connectivity index (χ3n) is 3.57. The van der Waals surface area contributed by atoms with Gasteiger partial charge in [0.05, 0.1) is 5.41 Å². The van der Waals surface area contributed by atoms with Crippen LogP contribution in [0.25, 0.3) is 0 Å². The Morgan fingerprint density at radius 3 is 2.20 bits per heavy atom. The Morgan fingerprint density at radius 1 is 1.27 bits per heavy atom. The van der Waals surface area contributed by atoms with Gasteiger partial charge < -0.3 is 10.2 Å². The topological polar surface area (TPSA) is 57.5 Å². The molecule has 2 N–H and O–H groups in total. The van der Waals surface area contributed by atoms with Crippen molar-refractivity contribution < 1.29 is 15.0 Å². The lowest BCUT2D eigenvalue weighted by Gasteiger charge is -2.30. The number of hydrogen-bond donors (Lipinski definition) is 2. The second-order valence-electron chi connectivity index (χ2n) is 4.99. The summed E-state index contributed by atoms with van der Waals surface area (Å²) < 4.78 is 0. The highest BCUT2D eigenvalue weighted by molar-refractivity contribution is 5.74. The summed E-state index contributed by atoms with van der Waals surface area (Å²) >= 11 is 0. The van der Waals surface area contributed by atoms with Crippen molar-refractivity contribution in [3.05, 3.63) is 0 Å². The highest BCUT2D eigenvalue weighted by atomic mass is 16.4. The maximum absolute atomic E-state index is 11.4. The molecule has 1 atom stereocenters. The third kappa shape index (κ3) is 3.20. The summed E-state index contributed by atoms with van der Waals surface area (Å²) in [5.74, 6) is -0.566. The molecular formula is C12H22O3. The van der Waals surface area contributed by atoms with Crippen LogP contribution in [-0.4, -0.2) is 22.8 Å². The van der Waals surface area contributed by atoms with Crippen molar-refractivity contribution >= 4 is 5.97 Å². The highest BCUT2D eigenvalue weighted by Crippen LogP contribution is 2.40. The number of aliphatic hydroxyl groups is 1. The van der Waals surface area contributed by atoms with Crippen molar-refractivity contribution in [2.75, 3.05) is 6.61 Å². The summed E-state index contributed by atoms with van der Waals surface area (Å²) in [5.41, 5.74) is -0.557. The van der Waals surface area contributed by atoms with E-state index in [1.165, 1.54) is 0 Å². The predicted molar refractivity (Wildman–Crippen MR) is 58.6 cm³/mol. The molecule has 0 amide bonds. The Morgan fingerprint density at radius 2 is 1.80 bits per heavy atom. The number of aliphatic carboxylic acids is 1. The van der Waals surface area contributed by atoms with Gasteiger partial charge in [-0.05, 0) is 25.2 Å². The van der Waals surface area contributed by atoms with Crippen LogP contribution in [-0.2, 0) is 4.79 Å². The molecule has 0 radical (unpaired) electrons. The molecule has 1 fully saturated rings. The van der Waals surface area contributed by atoms with Crippen LogP contribution in [0.5, 0.6) is 0 Å². The van der Waals surface area contributed by atoms with Crippen molar-refractivity contribution in [3.8, 4) is 0 Å². The van der Waals surface area contributed by atoms with E-state index in [0.717, 1.165) is 38.5 Å². The summed E-state index contributed by atoms with van der Waals surface area (Å²) in [5, 5.41) is 18.4. The van der Waals surface area contributed by atoms with Crippen molar-refractivity contribution in [3.63, 3.8) is 0 Å². The minimum Gasteiger partial charge on any atom is -0.481 e. The highest BCUT2D eigenvalue weighted by Gasteiger charge is 2.39. The molecule has 0 spiro atoms. The van der Waals surface area contributed by atoms with Crippen LogP contribution >= 0.6 is 0 Å². The van der Waals surface area contributed by atoms with Crippen LogP contribution in [0, 0.1) is 11.3 Å². The fourth-order valence-corrected chi connectivity index (χ4v) is 2.64. The van der Waals surface area contributed by atoms with E-state index in [1.54, 1.807) is 0 Å². The Balaban J connectivity index is 2.71. The molecule has 0 bridgehead atoms. The molecule has 0 aromatic carbocycles. The van der Waals surface area contributed by atoms with E-state index in [1.807, 2.05) is 6.92 Å². The first-order valence-electron chi connectivity index (χ1n) is 5.95. The van der Waals surface area contributed by atoms with Gasteiger partial charge in [-0.1, -0.05) is 32.6 Å². The molecule has 0 aromatic rings. The van der Waals surface area contributed by atoms with Crippen molar-refractivity contribution in [1.29, 1.82) is 0 Å². The third-order valence-corrected chi connectivity index (χ3v) is 3.57. The van der Waals surface area contributed by atoms with E-state index >= 15 is 0 Å². The standard InChI is InChI=1S/C12H22O3/c1-10(9-13)8-12(11(14)15)6-4-2-3-5-7-12/h10,13H,2-9H2,1H3,(H,14,15). The molecule has 0 heterocycles. The van der Waals surface area contributed by atoms with Gasteiger partial charge in [-0.25, -0.2) is 0 Å². The Kier molecular flexibility index (Phi) is 4.58. The first-order chi connectivity index (χ1) is 7.10. The molecule has 1 aliphatic rings. The number of rotatable bonds is 4. The van der Waals surface area contributed by atoms with Gasteiger partial charge in [-0.2, -0.15) is 0 Å². The van der Waals surface area contributed by atoms with E-state index in [-0.39, 0.29) is 12.5 Å². The van der Waals surface area contributed by atoms with Crippen LogP contribution in [0.1, 0.15) is 51.9 Å². The lowest BCUT2D eigenvalue weighted by molar-refractivity contribution is -0.151. The van der Waals surface area contributed by atoms with Gasteiger partial charge in [0.15, 0.2) is 0 Å². The molecule has 3 nitrogen and oxygen atoms in total. The smallest absolute Gasteiger partial charge is 0.309 e. The molecule has 15 heavy (non-hydrogen) atoms. The Labute approximate surface area is 91.5 Å². The average Bonchev–Trinajstić information content (AvgIpc) is 2.44. The normalized spacial score (nSPS) is 23.1. The van der Waals surface area contributed by atoms with Crippen molar-refractivity contribution in [2.24, 2.45) is 11.3 Å². The number of hydrogen-bond acceptors (Lipinski definition) is 2. The van der Waals surface area contributed by atoms with Gasteiger partial charge in [0.2, 0.25) is 0 Å². The first kappa shape index (κ1) is 12.5. The quantitative estimate of drug-likeness (QED) is 0.707. The first-order valence-corrected chi connectivity index (χ1v) is 5.95. The molecule has 3 heteroatoms. The van der Waals surface area contributed by atoms with Gasteiger partial charge >= 0.3 is 5.97 Å². The summed E-state index contributed by atoms with van der Waals surface area (Å²) in [7, 11) is 0. The number of carboxylic acid groups (broad SMARTS) is 1. The molecule has 1 aliphatic carbocycles. The monoisotopic (exact) mass is 214 g/mol.